The van der Waals surface area contributed by atoms with E-state index >= 15 is 0 Å². The Hall–Kier alpha value is -2.53. The number of nitrogens with zero attached hydrogens (tertiary/aromatic N) is 3. The number of benzene rings is 1. The molecule has 1 aromatic heterocycles. The Kier molecular flexibility index (Phi) is 10.0. The van der Waals surface area contributed by atoms with Crippen molar-refractivity contribution in [2.75, 3.05) is 26.2 Å². The molecule has 1 fully saturated rings. The molecule has 0 spiro atoms. The summed E-state index contributed by atoms with van der Waals surface area (Å²) >= 11 is 5.92. The van der Waals surface area contributed by atoms with Gasteiger partial charge in [0.05, 0.1) is 18.8 Å². The molecule has 35 heavy (non-hydrogen) atoms. The SMILES string of the molecule is C=C(Cl)/C=C(\C=C(/C)NCCc1ccc(CCN2C[C@H](O)[C@@H](O)[C@H](O)[C@H]2CO)cc1)c1ncon1. The molecular weight excluding hydrogens is 472 g/mol. The summed E-state index contributed by atoms with van der Waals surface area (Å²) in [6.45, 7) is 6.85. The van der Waals surface area contributed by atoms with E-state index in [2.05, 4.69) is 46.3 Å². The molecule has 1 aliphatic rings. The third-order valence-electron chi connectivity index (χ3n) is 6.05. The number of aromatic nitrogens is 2. The van der Waals surface area contributed by atoms with Crippen molar-refractivity contribution >= 4 is 17.2 Å². The van der Waals surface area contributed by atoms with Gasteiger partial charge in [0.25, 0.3) is 0 Å². The van der Waals surface area contributed by atoms with Crippen molar-refractivity contribution in [3.8, 4) is 0 Å². The first-order valence-corrected chi connectivity index (χ1v) is 11.9. The average molecular weight is 505 g/mol. The first kappa shape index (κ1) is 27.1. The molecular formula is C25H33ClN4O5. The lowest BCUT2D eigenvalue weighted by Crippen LogP contribution is -2.62. The van der Waals surface area contributed by atoms with Gasteiger partial charge in [0.15, 0.2) is 0 Å². The third-order valence-corrected chi connectivity index (χ3v) is 6.16. The van der Waals surface area contributed by atoms with E-state index in [0.717, 1.165) is 24.2 Å². The zero-order valence-corrected chi connectivity index (χ0v) is 20.5. The summed E-state index contributed by atoms with van der Waals surface area (Å²) < 4.78 is 4.81. The Morgan fingerprint density at radius 1 is 1.17 bits per heavy atom. The van der Waals surface area contributed by atoms with Crippen LogP contribution < -0.4 is 5.32 Å². The highest BCUT2D eigenvalue weighted by atomic mass is 35.5. The number of hydrogen-bond donors (Lipinski definition) is 5. The van der Waals surface area contributed by atoms with Gasteiger partial charge in [-0.15, -0.1) is 0 Å². The summed E-state index contributed by atoms with van der Waals surface area (Å²) in [6, 6.07) is 7.67. The fraction of sp³-hybridized carbons (Fsp3) is 0.440. The fourth-order valence-corrected chi connectivity index (χ4v) is 4.22. The van der Waals surface area contributed by atoms with E-state index in [1.165, 1.54) is 12.0 Å². The monoisotopic (exact) mass is 504 g/mol. The minimum absolute atomic E-state index is 0.211. The number of halogens is 1. The highest BCUT2D eigenvalue weighted by molar-refractivity contribution is 6.31. The minimum Gasteiger partial charge on any atom is -0.395 e. The van der Waals surface area contributed by atoms with E-state index in [4.69, 9.17) is 16.1 Å². The van der Waals surface area contributed by atoms with Crippen LogP contribution in [0.4, 0.5) is 0 Å². The van der Waals surface area contributed by atoms with Gasteiger partial charge < -0.3 is 30.3 Å². The number of nitrogens with one attached hydrogen (secondary N) is 1. The number of likely N-dealkylation sites (tertiary alicyclic amines) is 1. The Bertz CT molecular complexity index is 1010. The Morgan fingerprint density at radius 2 is 1.86 bits per heavy atom. The smallest absolute Gasteiger partial charge is 0.214 e. The van der Waals surface area contributed by atoms with Gasteiger partial charge >= 0.3 is 0 Å². The molecule has 0 bridgehead atoms. The molecule has 0 unspecified atom stereocenters. The number of aliphatic hydroxyl groups excluding tert-OH is 4. The lowest BCUT2D eigenvalue weighted by Gasteiger charge is -2.43. The molecule has 2 heterocycles. The second-order valence-corrected chi connectivity index (χ2v) is 9.15. The topological polar surface area (TPSA) is 135 Å². The summed E-state index contributed by atoms with van der Waals surface area (Å²) in [7, 11) is 0. The summed E-state index contributed by atoms with van der Waals surface area (Å²) in [5, 5.41) is 47.1. The van der Waals surface area contributed by atoms with Crippen LogP contribution in [0, 0.1) is 0 Å². The van der Waals surface area contributed by atoms with Crippen molar-refractivity contribution in [2.24, 2.45) is 0 Å². The van der Waals surface area contributed by atoms with Crippen molar-refractivity contribution in [1.29, 1.82) is 0 Å². The van der Waals surface area contributed by atoms with Gasteiger partial charge in [-0.2, -0.15) is 4.98 Å². The molecule has 2 aromatic rings. The predicted octanol–water partition coefficient (Wildman–Crippen LogP) is 1.24. The Morgan fingerprint density at radius 3 is 2.46 bits per heavy atom. The lowest BCUT2D eigenvalue weighted by atomic mass is 9.93. The highest BCUT2D eigenvalue weighted by Gasteiger charge is 2.40. The molecule has 1 aromatic carbocycles. The Labute approximate surface area is 210 Å². The maximum Gasteiger partial charge on any atom is 0.214 e. The standard InChI is InChI=1S/C25H33ClN4O5/c1-16(26)11-20(25-28-15-35-29-25)12-17(2)27-9-7-18-3-5-19(6-4-18)8-10-30-13-22(32)24(34)23(33)21(30)14-31/h3-6,11-12,15,21-24,27,31-34H,1,7-10,13-14H2,2H3/b17-12+,20-11+/t21-,22+,23-,24-/m1/s1. The molecule has 10 heteroatoms. The number of piperidine rings is 1. The molecule has 0 amide bonds. The van der Waals surface area contributed by atoms with Crippen molar-refractivity contribution < 1.29 is 24.9 Å². The average Bonchev–Trinajstić information content (AvgIpc) is 3.36. The molecule has 0 aliphatic carbocycles. The second kappa shape index (κ2) is 13.0. The van der Waals surface area contributed by atoms with Crippen LogP contribution in [0.25, 0.3) is 5.57 Å². The molecule has 0 radical (unpaired) electrons. The third kappa shape index (κ3) is 7.73. The fourth-order valence-electron chi connectivity index (χ4n) is 4.11. The van der Waals surface area contributed by atoms with Gasteiger partial charge in [-0.1, -0.05) is 47.6 Å². The number of hydrogen-bond acceptors (Lipinski definition) is 9. The quantitative estimate of drug-likeness (QED) is 0.286. The van der Waals surface area contributed by atoms with Crippen LogP contribution in [0.15, 0.2) is 64.6 Å². The molecule has 9 nitrogen and oxygen atoms in total. The summed E-state index contributed by atoms with van der Waals surface area (Å²) in [4.78, 5) is 5.88. The van der Waals surface area contributed by atoms with Crippen LogP contribution in [0.2, 0.25) is 0 Å². The molecule has 0 saturated carbocycles. The van der Waals surface area contributed by atoms with Gasteiger partial charge in [0, 0.05) is 35.9 Å². The molecule has 190 valence electrons. The van der Waals surface area contributed by atoms with E-state index in [0.29, 0.717) is 29.4 Å². The van der Waals surface area contributed by atoms with Crippen LogP contribution in [0.3, 0.4) is 0 Å². The van der Waals surface area contributed by atoms with Crippen LogP contribution in [0.5, 0.6) is 0 Å². The first-order valence-electron chi connectivity index (χ1n) is 11.5. The maximum absolute atomic E-state index is 10.1. The lowest BCUT2D eigenvalue weighted by molar-refractivity contribution is -0.144. The van der Waals surface area contributed by atoms with Gasteiger partial charge in [-0.05, 0) is 43.0 Å². The zero-order chi connectivity index (χ0) is 25.4. The molecule has 4 atom stereocenters. The van der Waals surface area contributed by atoms with Crippen molar-refractivity contribution in [3.63, 3.8) is 0 Å². The van der Waals surface area contributed by atoms with Crippen molar-refractivity contribution in [1.82, 2.24) is 20.4 Å². The summed E-state index contributed by atoms with van der Waals surface area (Å²) in [5.74, 6) is 0.429. The van der Waals surface area contributed by atoms with E-state index in [-0.39, 0.29) is 13.2 Å². The molecule has 3 rings (SSSR count). The van der Waals surface area contributed by atoms with Crippen LogP contribution >= 0.6 is 11.6 Å². The maximum atomic E-state index is 10.1. The number of aliphatic hydroxyl groups is 4. The van der Waals surface area contributed by atoms with Crippen LogP contribution in [0.1, 0.15) is 23.9 Å². The van der Waals surface area contributed by atoms with Crippen molar-refractivity contribution in [2.45, 2.75) is 44.1 Å². The highest BCUT2D eigenvalue weighted by Crippen LogP contribution is 2.20. The van der Waals surface area contributed by atoms with Gasteiger partial charge in [-0.3, -0.25) is 4.90 Å². The second-order valence-electron chi connectivity index (χ2n) is 8.67. The number of β-amino-alcohol motifs (C(OH)–C–C–N with tert-alkyl or cyclic N) is 1. The van der Waals surface area contributed by atoms with E-state index in [1.54, 1.807) is 6.08 Å². The Balaban J connectivity index is 1.49. The van der Waals surface area contributed by atoms with Gasteiger partial charge in [-0.25, -0.2) is 0 Å². The van der Waals surface area contributed by atoms with Gasteiger partial charge in [0.2, 0.25) is 12.2 Å². The zero-order valence-electron chi connectivity index (χ0n) is 19.7. The summed E-state index contributed by atoms with van der Waals surface area (Å²) in [5.41, 5.74) is 3.91. The van der Waals surface area contributed by atoms with Crippen LogP contribution in [-0.2, 0) is 12.8 Å². The van der Waals surface area contributed by atoms with Crippen molar-refractivity contribution in [3.05, 3.63) is 77.1 Å². The summed E-state index contributed by atoms with van der Waals surface area (Å²) in [6.07, 6.45) is 2.89. The van der Waals surface area contributed by atoms with Gasteiger partial charge in [0.1, 0.15) is 12.2 Å². The first-order chi connectivity index (χ1) is 16.8. The largest absolute Gasteiger partial charge is 0.395 e. The van der Waals surface area contributed by atoms with E-state index < -0.39 is 24.4 Å². The number of rotatable bonds is 11. The normalized spacial score (nSPS) is 23.9. The number of allylic oxidation sites excluding steroid dienone is 5. The molecule has 1 aliphatic heterocycles. The van der Waals surface area contributed by atoms with E-state index in [9.17, 15) is 20.4 Å². The predicted molar refractivity (Wildman–Crippen MR) is 133 cm³/mol. The van der Waals surface area contributed by atoms with Crippen LogP contribution in [-0.4, -0.2) is 86.1 Å². The minimum atomic E-state index is -1.24. The molecule has 5 N–H and O–H groups in total. The van der Waals surface area contributed by atoms with E-state index in [1.807, 2.05) is 17.9 Å². The molecule has 1 saturated heterocycles.